The normalized spacial score (nSPS) is 11.3. The highest BCUT2D eigenvalue weighted by molar-refractivity contribution is 5.65. The van der Waals surface area contributed by atoms with Crippen LogP contribution in [0.15, 0.2) is 48.5 Å². The molecular weight excluding hydrogens is 492 g/mol. The molecule has 226 valence electrons. The van der Waals surface area contributed by atoms with Crippen molar-refractivity contribution in [3.05, 3.63) is 59.7 Å². The summed E-state index contributed by atoms with van der Waals surface area (Å²) in [5.41, 5.74) is 16.6. The van der Waals surface area contributed by atoms with Gasteiger partial charge >= 0.3 is 0 Å². The second-order valence-electron chi connectivity index (χ2n) is 11.0. The van der Waals surface area contributed by atoms with E-state index in [4.69, 9.17) is 11.5 Å². The van der Waals surface area contributed by atoms with Crippen LogP contribution in [0.1, 0.15) is 81.8 Å². The monoisotopic (exact) mass is 552 g/mol. The van der Waals surface area contributed by atoms with Crippen molar-refractivity contribution in [2.75, 3.05) is 58.9 Å². The Labute approximate surface area is 245 Å². The molecule has 0 unspecified atom stereocenters. The van der Waals surface area contributed by atoms with Gasteiger partial charge in [0.05, 0.1) is 0 Å². The van der Waals surface area contributed by atoms with Gasteiger partial charge in [0.1, 0.15) is 0 Å². The molecule has 2 rings (SSSR count). The quantitative estimate of drug-likeness (QED) is 0.0876. The highest BCUT2D eigenvalue weighted by Gasteiger charge is 2.05. The molecule has 2 aromatic carbocycles. The minimum absolute atomic E-state index is 0.774. The smallest absolute Gasteiger partial charge is 0.0205 e. The van der Waals surface area contributed by atoms with Crippen LogP contribution < -0.4 is 32.7 Å². The van der Waals surface area contributed by atoms with Crippen LogP contribution in [0.25, 0.3) is 11.1 Å². The average Bonchev–Trinajstić information content (AvgIpc) is 2.98. The van der Waals surface area contributed by atoms with Gasteiger partial charge in [0, 0.05) is 6.54 Å². The lowest BCUT2D eigenvalue weighted by Crippen LogP contribution is -2.24. The van der Waals surface area contributed by atoms with Crippen molar-refractivity contribution < 1.29 is 0 Å². The fourth-order valence-electron chi connectivity index (χ4n) is 4.99. The molecule has 0 radical (unpaired) electrons. The molecule has 0 fully saturated rings. The van der Waals surface area contributed by atoms with Crippen molar-refractivity contribution in [3.63, 3.8) is 0 Å². The van der Waals surface area contributed by atoms with Crippen LogP contribution in [-0.2, 0) is 13.0 Å². The highest BCUT2D eigenvalue weighted by atomic mass is 14.9. The first kappa shape index (κ1) is 34.4. The van der Waals surface area contributed by atoms with Crippen LogP contribution in [-0.4, -0.2) is 58.9 Å². The highest BCUT2D eigenvalue weighted by Crippen LogP contribution is 2.23. The maximum atomic E-state index is 5.53. The molecule has 0 aromatic heterocycles. The Morgan fingerprint density at radius 1 is 0.425 bits per heavy atom. The van der Waals surface area contributed by atoms with E-state index in [1.165, 1.54) is 80.0 Å². The van der Waals surface area contributed by atoms with Crippen molar-refractivity contribution in [3.8, 4) is 11.1 Å². The molecule has 0 saturated heterocycles. The summed E-state index contributed by atoms with van der Waals surface area (Å²) in [7, 11) is 0. The van der Waals surface area contributed by atoms with E-state index in [-0.39, 0.29) is 0 Å². The van der Waals surface area contributed by atoms with Crippen molar-refractivity contribution in [1.82, 2.24) is 21.3 Å². The molecule has 0 bridgehead atoms. The zero-order chi connectivity index (χ0) is 28.4. The third-order valence-corrected chi connectivity index (χ3v) is 7.34. The number of nitrogens with one attached hydrogen (secondary N) is 4. The van der Waals surface area contributed by atoms with Crippen LogP contribution in [0.5, 0.6) is 0 Å². The first-order valence-corrected chi connectivity index (χ1v) is 16.2. The van der Waals surface area contributed by atoms with E-state index >= 15 is 0 Å². The molecule has 6 heteroatoms. The Kier molecular flexibility index (Phi) is 21.5. The van der Waals surface area contributed by atoms with E-state index in [0.29, 0.717) is 0 Å². The molecule has 0 atom stereocenters. The van der Waals surface area contributed by atoms with Gasteiger partial charge in [0.15, 0.2) is 0 Å². The molecule has 0 saturated carbocycles. The van der Waals surface area contributed by atoms with Crippen molar-refractivity contribution in [1.29, 1.82) is 0 Å². The predicted octanol–water partition coefficient (Wildman–Crippen LogP) is 4.96. The van der Waals surface area contributed by atoms with Crippen LogP contribution in [0.3, 0.4) is 0 Å². The molecule has 0 amide bonds. The summed E-state index contributed by atoms with van der Waals surface area (Å²) in [5, 5.41) is 14.2. The van der Waals surface area contributed by atoms with Crippen molar-refractivity contribution >= 4 is 0 Å². The molecule has 0 heterocycles. The predicted molar refractivity (Wildman–Crippen MR) is 175 cm³/mol. The maximum Gasteiger partial charge on any atom is 0.0205 e. The lowest BCUT2D eigenvalue weighted by molar-refractivity contribution is 0.552. The summed E-state index contributed by atoms with van der Waals surface area (Å²) in [6, 6.07) is 18.0. The fraction of sp³-hybridized carbons (Fsp3) is 0.647. The summed E-state index contributed by atoms with van der Waals surface area (Å²) < 4.78 is 0. The molecule has 0 spiro atoms. The average molecular weight is 553 g/mol. The summed E-state index contributed by atoms with van der Waals surface area (Å²) in [6.07, 6.45) is 14.7. The first-order chi connectivity index (χ1) is 19.8. The number of benzene rings is 2. The second-order valence-corrected chi connectivity index (χ2v) is 11.0. The van der Waals surface area contributed by atoms with Crippen LogP contribution >= 0.6 is 0 Å². The Bertz CT molecular complexity index is 782. The van der Waals surface area contributed by atoms with Crippen molar-refractivity contribution in [2.24, 2.45) is 11.5 Å². The number of hydrogen-bond donors (Lipinski definition) is 6. The zero-order valence-electron chi connectivity index (χ0n) is 25.3. The maximum absolute atomic E-state index is 5.53. The third kappa shape index (κ3) is 17.8. The Balaban J connectivity index is 1.64. The Morgan fingerprint density at radius 2 is 0.925 bits per heavy atom. The first-order valence-electron chi connectivity index (χ1n) is 16.2. The molecular formula is C34H60N6. The van der Waals surface area contributed by atoms with Gasteiger partial charge in [-0.1, -0.05) is 68.1 Å². The Hall–Kier alpha value is -1.80. The minimum Gasteiger partial charge on any atom is -0.330 e. The standard InChI is InChI=1S/C34H60N6/c35-18-12-23-37-20-9-2-1-3-10-22-40-30-32-27-31(28-34(29-32)33-16-7-4-8-17-33)15-6-5-11-21-38-25-14-26-39-24-13-19-36/h4,7-8,16-17,27-29,37-40H,1-3,5-6,9-15,18-26,30,35-36H2. The SMILES string of the molecule is NCCCNCCCCCCCNCc1cc(CCCCCNCCCNCCCN)cc(-c2ccccc2)c1. The van der Waals surface area contributed by atoms with Gasteiger partial charge in [0.2, 0.25) is 0 Å². The lowest BCUT2D eigenvalue weighted by Gasteiger charge is -2.12. The number of hydrogen-bond acceptors (Lipinski definition) is 6. The molecule has 0 aliphatic carbocycles. The van der Waals surface area contributed by atoms with Crippen LogP contribution in [0.4, 0.5) is 0 Å². The van der Waals surface area contributed by atoms with Gasteiger partial charge in [0.25, 0.3) is 0 Å². The molecule has 40 heavy (non-hydrogen) atoms. The fourth-order valence-corrected chi connectivity index (χ4v) is 4.99. The van der Waals surface area contributed by atoms with Gasteiger partial charge in [-0.25, -0.2) is 0 Å². The summed E-state index contributed by atoms with van der Waals surface area (Å²) in [4.78, 5) is 0. The Morgan fingerprint density at radius 3 is 1.55 bits per heavy atom. The molecule has 0 aliphatic heterocycles. The topological polar surface area (TPSA) is 100 Å². The van der Waals surface area contributed by atoms with E-state index in [9.17, 15) is 0 Å². The summed E-state index contributed by atoms with van der Waals surface area (Å²) in [5.74, 6) is 0. The van der Waals surface area contributed by atoms with E-state index in [1.54, 1.807) is 0 Å². The van der Waals surface area contributed by atoms with E-state index in [2.05, 4.69) is 69.8 Å². The minimum atomic E-state index is 0.774. The summed E-state index contributed by atoms with van der Waals surface area (Å²) >= 11 is 0. The molecule has 2 aromatic rings. The van der Waals surface area contributed by atoms with Gasteiger partial charge in [-0.2, -0.15) is 0 Å². The summed E-state index contributed by atoms with van der Waals surface area (Å²) in [6.45, 7) is 10.1. The molecule has 8 N–H and O–H groups in total. The number of rotatable bonds is 27. The van der Waals surface area contributed by atoms with Crippen LogP contribution in [0, 0.1) is 0 Å². The number of unbranched alkanes of at least 4 members (excludes halogenated alkanes) is 6. The molecule has 6 nitrogen and oxygen atoms in total. The van der Waals surface area contributed by atoms with Gasteiger partial charge in [-0.15, -0.1) is 0 Å². The second kappa shape index (κ2) is 25.0. The third-order valence-electron chi connectivity index (χ3n) is 7.34. The zero-order valence-corrected chi connectivity index (χ0v) is 25.3. The van der Waals surface area contributed by atoms with Gasteiger partial charge < -0.3 is 32.7 Å². The van der Waals surface area contributed by atoms with Gasteiger partial charge in [-0.3, -0.25) is 0 Å². The van der Waals surface area contributed by atoms with Crippen LogP contribution in [0.2, 0.25) is 0 Å². The number of nitrogens with two attached hydrogens (primary N) is 2. The number of aryl methyl sites for hydroxylation is 1. The van der Waals surface area contributed by atoms with Gasteiger partial charge in [-0.05, 0) is 139 Å². The van der Waals surface area contributed by atoms with E-state index in [1.807, 2.05) is 0 Å². The molecule has 0 aliphatic rings. The van der Waals surface area contributed by atoms with E-state index in [0.717, 1.165) is 84.7 Å². The largest absolute Gasteiger partial charge is 0.330 e. The lowest BCUT2D eigenvalue weighted by atomic mass is 9.97. The van der Waals surface area contributed by atoms with E-state index < -0.39 is 0 Å². The van der Waals surface area contributed by atoms with Crippen molar-refractivity contribution in [2.45, 2.75) is 83.6 Å².